The predicted molar refractivity (Wildman–Crippen MR) is 86.1 cm³/mol. The number of hydrogen-bond donors (Lipinski definition) is 3. The third kappa shape index (κ3) is 4.73. The molecule has 1 aromatic carbocycles. The zero-order chi connectivity index (χ0) is 16.3. The molecule has 2 atom stereocenters. The molecular weight excluding hydrogens is 282 g/mol. The standard InChI is InChI=1S/C17H25NO4/c1-11(19)15-7-12-5-6-14(8-16(12)22-15)21-10-13(20)9-18-17(2,3)4/h5-8,11,13,18-20H,9-10H2,1-4H3. The van der Waals surface area contributed by atoms with Crippen molar-refractivity contribution in [1.82, 2.24) is 5.32 Å². The summed E-state index contributed by atoms with van der Waals surface area (Å²) >= 11 is 0. The summed E-state index contributed by atoms with van der Waals surface area (Å²) in [6, 6.07) is 7.28. The largest absolute Gasteiger partial charge is 0.491 e. The lowest BCUT2D eigenvalue weighted by Crippen LogP contribution is -2.42. The zero-order valence-corrected chi connectivity index (χ0v) is 13.6. The fourth-order valence-corrected chi connectivity index (χ4v) is 2.00. The van der Waals surface area contributed by atoms with Crippen LogP contribution in [0.4, 0.5) is 0 Å². The van der Waals surface area contributed by atoms with Crippen molar-refractivity contribution in [3.8, 4) is 5.75 Å². The van der Waals surface area contributed by atoms with E-state index in [9.17, 15) is 10.2 Å². The Balaban J connectivity index is 1.94. The van der Waals surface area contributed by atoms with Gasteiger partial charge in [-0.05, 0) is 45.9 Å². The number of fused-ring (bicyclic) bond motifs is 1. The summed E-state index contributed by atoms with van der Waals surface area (Å²) in [5, 5.41) is 23.6. The molecule has 0 spiro atoms. The first-order valence-corrected chi connectivity index (χ1v) is 7.52. The van der Waals surface area contributed by atoms with Crippen molar-refractivity contribution in [3.63, 3.8) is 0 Å². The van der Waals surface area contributed by atoms with Crippen molar-refractivity contribution >= 4 is 11.0 Å². The maximum Gasteiger partial charge on any atom is 0.138 e. The van der Waals surface area contributed by atoms with Gasteiger partial charge in [-0.15, -0.1) is 0 Å². The van der Waals surface area contributed by atoms with Crippen LogP contribution in [0, 0.1) is 0 Å². The Bertz CT molecular complexity index is 613. The number of rotatable bonds is 6. The van der Waals surface area contributed by atoms with Gasteiger partial charge in [0, 0.05) is 23.5 Å². The van der Waals surface area contributed by atoms with Gasteiger partial charge in [-0.2, -0.15) is 0 Å². The molecule has 0 aliphatic carbocycles. The van der Waals surface area contributed by atoms with E-state index in [4.69, 9.17) is 9.15 Å². The van der Waals surface area contributed by atoms with Gasteiger partial charge in [-0.3, -0.25) is 0 Å². The molecule has 0 radical (unpaired) electrons. The SMILES string of the molecule is CC(O)c1cc2ccc(OCC(O)CNC(C)(C)C)cc2o1. The molecule has 0 amide bonds. The normalized spacial score (nSPS) is 15.0. The van der Waals surface area contributed by atoms with Crippen LogP contribution in [0.3, 0.4) is 0 Å². The van der Waals surface area contributed by atoms with E-state index in [2.05, 4.69) is 5.32 Å². The topological polar surface area (TPSA) is 74.9 Å². The summed E-state index contributed by atoms with van der Waals surface area (Å²) in [6.45, 7) is 8.48. The molecule has 0 aliphatic heterocycles. The van der Waals surface area contributed by atoms with Gasteiger partial charge < -0.3 is 24.7 Å². The summed E-state index contributed by atoms with van der Waals surface area (Å²) in [6.07, 6.45) is -1.22. The highest BCUT2D eigenvalue weighted by atomic mass is 16.5. The average molecular weight is 307 g/mol. The summed E-state index contributed by atoms with van der Waals surface area (Å²) in [7, 11) is 0. The van der Waals surface area contributed by atoms with Gasteiger partial charge in [0.1, 0.15) is 35.9 Å². The van der Waals surface area contributed by atoms with Crippen LogP contribution in [0.25, 0.3) is 11.0 Å². The van der Waals surface area contributed by atoms with Gasteiger partial charge in [-0.25, -0.2) is 0 Å². The number of aliphatic hydroxyl groups excluding tert-OH is 2. The molecule has 1 aromatic heterocycles. The number of benzene rings is 1. The van der Waals surface area contributed by atoms with Gasteiger partial charge >= 0.3 is 0 Å². The Kier molecular flexibility index (Phi) is 5.11. The van der Waals surface area contributed by atoms with Gasteiger partial charge in [0.2, 0.25) is 0 Å². The molecule has 2 aromatic rings. The summed E-state index contributed by atoms with van der Waals surface area (Å²) in [4.78, 5) is 0. The van der Waals surface area contributed by atoms with Crippen molar-refractivity contribution in [2.45, 2.75) is 45.4 Å². The number of nitrogens with one attached hydrogen (secondary N) is 1. The monoisotopic (exact) mass is 307 g/mol. The minimum absolute atomic E-state index is 0.0363. The maximum absolute atomic E-state index is 9.92. The molecule has 0 aliphatic rings. The molecule has 22 heavy (non-hydrogen) atoms. The van der Waals surface area contributed by atoms with Crippen molar-refractivity contribution in [3.05, 3.63) is 30.0 Å². The maximum atomic E-state index is 9.92. The van der Waals surface area contributed by atoms with E-state index in [1.165, 1.54) is 0 Å². The lowest BCUT2D eigenvalue weighted by atomic mass is 10.1. The second-order valence-electron chi connectivity index (χ2n) is 6.62. The van der Waals surface area contributed by atoms with E-state index in [-0.39, 0.29) is 12.1 Å². The molecule has 122 valence electrons. The smallest absolute Gasteiger partial charge is 0.138 e. The third-order valence-electron chi connectivity index (χ3n) is 3.23. The van der Waals surface area contributed by atoms with E-state index in [1.54, 1.807) is 13.0 Å². The number of β-amino-alcohol motifs (C(OH)–C–C–N with tert-alkyl or cyclic N) is 1. The second kappa shape index (κ2) is 6.69. The predicted octanol–water partition coefficient (Wildman–Crippen LogP) is 2.61. The molecular formula is C17H25NO4. The molecule has 5 heteroatoms. The fourth-order valence-electron chi connectivity index (χ4n) is 2.00. The molecule has 0 bridgehead atoms. The highest BCUT2D eigenvalue weighted by Crippen LogP contribution is 2.27. The molecule has 0 saturated carbocycles. The fraction of sp³-hybridized carbons (Fsp3) is 0.529. The average Bonchev–Trinajstić information content (AvgIpc) is 2.85. The van der Waals surface area contributed by atoms with Crippen molar-refractivity contribution in [1.29, 1.82) is 0 Å². The highest BCUT2D eigenvalue weighted by molar-refractivity contribution is 5.79. The molecule has 2 unspecified atom stereocenters. The molecule has 3 N–H and O–H groups in total. The first-order valence-electron chi connectivity index (χ1n) is 7.52. The number of aliphatic hydroxyl groups is 2. The Morgan fingerprint density at radius 1 is 1.23 bits per heavy atom. The lowest BCUT2D eigenvalue weighted by molar-refractivity contribution is 0.100. The summed E-state index contributed by atoms with van der Waals surface area (Å²) < 4.78 is 11.2. The van der Waals surface area contributed by atoms with Gasteiger partial charge in [0.05, 0.1) is 0 Å². The Morgan fingerprint density at radius 3 is 2.59 bits per heavy atom. The van der Waals surface area contributed by atoms with Crippen molar-refractivity contribution < 1.29 is 19.4 Å². The van der Waals surface area contributed by atoms with Crippen LogP contribution in [0.5, 0.6) is 5.75 Å². The third-order valence-corrected chi connectivity index (χ3v) is 3.23. The van der Waals surface area contributed by atoms with Crippen LogP contribution in [-0.4, -0.2) is 35.0 Å². The van der Waals surface area contributed by atoms with Gasteiger partial charge in [0.25, 0.3) is 0 Å². The van der Waals surface area contributed by atoms with E-state index in [0.717, 1.165) is 5.39 Å². The first-order chi connectivity index (χ1) is 10.2. The van der Waals surface area contributed by atoms with E-state index in [1.807, 2.05) is 39.0 Å². The zero-order valence-electron chi connectivity index (χ0n) is 13.6. The van der Waals surface area contributed by atoms with Crippen LogP contribution >= 0.6 is 0 Å². The Labute approximate surface area is 130 Å². The Hall–Kier alpha value is -1.56. The van der Waals surface area contributed by atoms with Crippen LogP contribution in [-0.2, 0) is 0 Å². The lowest BCUT2D eigenvalue weighted by Gasteiger charge is -2.22. The summed E-state index contributed by atoms with van der Waals surface area (Å²) in [5.41, 5.74) is 0.626. The van der Waals surface area contributed by atoms with Crippen LogP contribution < -0.4 is 10.1 Å². The van der Waals surface area contributed by atoms with Crippen LogP contribution in [0.1, 0.15) is 39.6 Å². The Morgan fingerprint density at radius 2 is 1.95 bits per heavy atom. The molecule has 0 saturated heterocycles. The number of ether oxygens (including phenoxy) is 1. The van der Waals surface area contributed by atoms with E-state index < -0.39 is 12.2 Å². The van der Waals surface area contributed by atoms with E-state index in [0.29, 0.717) is 23.6 Å². The molecule has 1 heterocycles. The molecule has 5 nitrogen and oxygen atoms in total. The minimum Gasteiger partial charge on any atom is -0.491 e. The molecule has 0 fully saturated rings. The van der Waals surface area contributed by atoms with Crippen molar-refractivity contribution in [2.75, 3.05) is 13.2 Å². The highest BCUT2D eigenvalue weighted by Gasteiger charge is 2.13. The number of furan rings is 1. The van der Waals surface area contributed by atoms with Crippen molar-refractivity contribution in [2.24, 2.45) is 0 Å². The quantitative estimate of drug-likeness (QED) is 0.765. The van der Waals surface area contributed by atoms with Gasteiger partial charge in [-0.1, -0.05) is 0 Å². The number of hydrogen-bond acceptors (Lipinski definition) is 5. The second-order valence-corrected chi connectivity index (χ2v) is 6.62. The van der Waals surface area contributed by atoms with Gasteiger partial charge in [0.15, 0.2) is 0 Å². The van der Waals surface area contributed by atoms with E-state index >= 15 is 0 Å². The molecule has 2 rings (SSSR count). The first kappa shape index (κ1) is 16.8. The van der Waals surface area contributed by atoms with Crippen LogP contribution in [0.15, 0.2) is 28.7 Å². The van der Waals surface area contributed by atoms with Crippen LogP contribution in [0.2, 0.25) is 0 Å². The summed E-state index contributed by atoms with van der Waals surface area (Å²) in [5.74, 6) is 1.16. The minimum atomic E-state index is -0.637.